The normalized spacial score (nSPS) is 25.7. The fraction of sp³-hybridized carbons (Fsp3) is 0.909. The van der Waals surface area contributed by atoms with E-state index in [1.807, 2.05) is 6.92 Å². The van der Waals surface area contributed by atoms with E-state index in [0.29, 0.717) is 5.84 Å². The van der Waals surface area contributed by atoms with Crippen LogP contribution in [-0.4, -0.2) is 35.6 Å². The van der Waals surface area contributed by atoms with Gasteiger partial charge in [-0.05, 0) is 25.3 Å². The Bertz CT molecular complexity index is 218. The highest BCUT2D eigenvalue weighted by Crippen LogP contribution is 2.21. The van der Waals surface area contributed by atoms with Crippen molar-refractivity contribution in [2.45, 2.75) is 33.1 Å². The molecule has 0 bridgehead atoms. The van der Waals surface area contributed by atoms with Crippen LogP contribution < -0.4 is 5.73 Å². The minimum Gasteiger partial charge on any atom is -0.409 e. The first-order chi connectivity index (χ1) is 7.17. The highest BCUT2D eigenvalue weighted by molar-refractivity contribution is 5.82. The van der Waals surface area contributed by atoms with Crippen molar-refractivity contribution in [3.63, 3.8) is 0 Å². The fourth-order valence-corrected chi connectivity index (χ4v) is 2.30. The minimum absolute atomic E-state index is 0.148. The quantitative estimate of drug-likeness (QED) is 0.315. The highest BCUT2D eigenvalue weighted by atomic mass is 16.4. The van der Waals surface area contributed by atoms with E-state index in [4.69, 9.17) is 10.9 Å². The fourth-order valence-electron chi connectivity index (χ4n) is 2.30. The zero-order valence-electron chi connectivity index (χ0n) is 9.82. The van der Waals surface area contributed by atoms with Gasteiger partial charge in [-0.25, -0.2) is 0 Å². The molecule has 0 spiro atoms. The van der Waals surface area contributed by atoms with Gasteiger partial charge in [0.1, 0.15) is 5.84 Å². The molecule has 2 atom stereocenters. The maximum absolute atomic E-state index is 8.56. The molecule has 0 radical (unpaired) electrons. The van der Waals surface area contributed by atoms with E-state index in [1.165, 1.54) is 25.8 Å². The average Bonchev–Trinajstić information content (AvgIpc) is 2.65. The molecule has 15 heavy (non-hydrogen) atoms. The largest absolute Gasteiger partial charge is 0.409 e. The summed E-state index contributed by atoms with van der Waals surface area (Å²) in [5.74, 6) is 1.35. The lowest BCUT2D eigenvalue weighted by Gasteiger charge is -2.19. The molecule has 3 N–H and O–H groups in total. The van der Waals surface area contributed by atoms with Crippen LogP contribution in [-0.2, 0) is 0 Å². The van der Waals surface area contributed by atoms with Crippen LogP contribution in [0.15, 0.2) is 5.16 Å². The molecule has 88 valence electrons. The van der Waals surface area contributed by atoms with Crippen LogP contribution in [0, 0.1) is 11.8 Å². The van der Waals surface area contributed by atoms with Crippen molar-refractivity contribution in [1.29, 1.82) is 0 Å². The van der Waals surface area contributed by atoms with Crippen molar-refractivity contribution >= 4 is 5.84 Å². The number of nitrogens with zero attached hydrogens (tertiary/aromatic N) is 2. The first-order valence-electron chi connectivity index (χ1n) is 5.87. The van der Waals surface area contributed by atoms with Gasteiger partial charge >= 0.3 is 0 Å². The molecule has 0 aromatic heterocycles. The lowest BCUT2D eigenvalue weighted by Crippen LogP contribution is -2.33. The number of amidine groups is 1. The summed E-state index contributed by atoms with van der Waals surface area (Å²) in [7, 11) is 0. The first-order valence-corrected chi connectivity index (χ1v) is 5.87. The molecule has 0 aliphatic carbocycles. The molecule has 4 heteroatoms. The number of nitrogens with two attached hydrogens (primary N) is 1. The Hall–Kier alpha value is -0.770. The summed E-state index contributed by atoms with van der Waals surface area (Å²) >= 11 is 0. The molecule has 1 saturated heterocycles. The number of likely N-dealkylation sites (tertiary alicyclic amines) is 1. The van der Waals surface area contributed by atoms with Crippen LogP contribution in [0.3, 0.4) is 0 Å². The van der Waals surface area contributed by atoms with E-state index in [1.54, 1.807) is 0 Å². The Labute approximate surface area is 92.1 Å². The highest BCUT2D eigenvalue weighted by Gasteiger charge is 2.23. The molecule has 0 aromatic rings. The molecule has 1 aliphatic rings. The third kappa shape index (κ3) is 3.70. The maximum atomic E-state index is 8.56. The third-order valence-electron chi connectivity index (χ3n) is 3.22. The summed E-state index contributed by atoms with van der Waals surface area (Å²) in [5.41, 5.74) is 5.56. The Balaban J connectivity index is 2.29. The zero-order chi connectivity index (χ0) is 11.3. The average molecular weight is 213 g/mol. The van der Waals surface area contributed by atoms with Crippen LogP contribution in [0.4, 0.5) is 0 Å². The molecule has 1 aliphatic heterocycles. The second-order valence-electron chi connectivity index (χ2n) is 4.63. The predicted molar refractivity (Wildman–Crippen MR) is 62.0 cm³/mol. The Kier molecular flexibility index (Phi) is 4.88. The molecule has 2 unspecified atom stereocenters. The van der Waals surface area contributed by atoms with Crippen LogP contribution in [0.5, 0.6) is 0 Å². The van der Waals surface area contributed by atoms with Gasteiger partial charge in [-0.15, -0.1) is 0 Å². The smallest absolute Gasteiger partial charge is 0.143 e. The Morgan fingerprint density at radius 1 is 1.67 bits per heavy atom. The SMILES string of the molecule is CCCC1CCN(CC(C)C(N)=NO)C1. The van der Waals surface area contributed by atoms with E-state index in [0.717, 1.165) is 19.0 Å². The maximum Gasteiger partial charge on any atom is 0.143 e. The van der Waals surface area contributed by atoms with Gasteiger partial charge in [0.25, 0.3) is 0 Å². The van der Waals surface area contributed by atoms with Crippen molar-refractivity contribution in [2.24, 2.45) is 22.7 Å². The third-order valence-corrected chi connectivity index (χ3v) is 3.22. The van der Waals surface area contributed by atoms with Crippen LogP contribution in [0.2, 0.25) is 0 Å². The number of oxime groups is 1. The Morgan fingerprint density at radius 2 is 2.40 bits per heavy atom. The number of hydrogen-bond donors (Lipinski definition) is 2. The second kappa shape index (κ2) is 5.95. The van der Waals surface area contributed by atoms with Crippen molar-refractivity contribution in [1.82, 2.24) is 4.90 Å². The number of rotatable bonds is 5. The van der Waals surface area contributed by atoms with Gasteiger partial charge in [0, 0.05) is 19.0 Å². The minimum atomic E-state index is 0.148. The van der Waals surface area contributed by atoms with Crippen molar-refractivity contribution in [3.05, 3.63) is 0 Å². The monoisotopic (exact) mass is 213 g/mol. The van der Waals surface area contributed by atoms with E-state index in [2.05, 4.69) is 17.0 Å². The van der Waals surface area contributed by atoms with Crippen LogP contribution in [0.1, 0.15) is 33.1 Å². The molecule has 0 aromatic carbocycles. The van der Waals surface area contributed by atoms with E-state index in [-0.39, 0.29) is 5.92 Å². The van der Waals surface area contributed by atoms with Gasteiger partial charge in [0.2, 0.25) is 0 Å². The molecular formula is C11H23N3O. The van der Waals surface area contributed by atoms with Gasteiger partial charge < -0.3 is 15.8 Å². The molecule has 4 nitrogen and oxygen atoms in total. The zero-order valence-corrected chi connectivity index (χ0v) is 9.82. The van der Waals surface area contributed by atoms with Gasteiger partial charge in [-0.2, -0.15) is 0 Å². The van der Waals surface area contributed by atoms with Crippen molar-refractivity contribution in [3.8, 4) is 0 Å². The predicted octanol–water partition coefficient (Wildman–Crippen LogP) is 1.49. The van der Waals surface area contributed by atoms with Crippen LogP contribution >= 0.6 is 0 Å². The van der Waals surface area contributed by atoms with E-state index in [9.17, 15) is 0 Å². The topological polar surface area (TPSA) is 61.8 Å². The summed E-state index contributed by atoms with van der Waals surface area (Å²) in [6, 6.07) is 0. The van der Waals surface area contributed by atoms with Crippen LogP contribution in [0.25, 0.3) is 0 Å². The van der Waals surface area contributed by atoms with Gasteiger partial charge in [0.05, 0.1) is 0 Å². The summed E-state index contributed by atoms with van der Waals surface area (Å²) in [4.78, 5) is 2.42. The number of hydrogen-bond acceptors (Lipinski definition) is 3. The molecule has 0 saturated carbocycles. The summed E-state index contributed by atoms with van der Waals surface area (Å²) < 4.78 is 0. The molecule has 1 rings (SSSR count). The van der Waals surface area contributed by atoms with Gasteiger partial charge in [0.15, 0.2) is 0 Å². The van der Waals surface area contributed by atoms with Crippen molar-refractivity contribution < 1.29 is 5.21 Å². The lowest BCUT2D eigenvalue weighted by molar-refractivity contribution is 0.288. The second-order valence-corrected chi connectivity index (χ2v) is 4.63. The van der Waals surface area contributed by atoms with Gasteiger partial charge in [-0.3, -0.25) is 0 Å². The van der Waals surface area contributed by atoms with E-state index >= 15 is 0 Å². The first kappa shape index (κ1) is 12.3. The van der Waals surface area contributed by atoms with E-state index < -0.39 is 0 Å². The summed E-state index contributed by atoms with van der Waals surface area (Å²) in [5, 5.41) is 11.6. The summed E-state index contributed by atoms with van der Waals surface area (Å²) in [6.07, 6.45) is 3.90. The molecule has 1 heterocycles. The lowest BCUT2D eigenvalue weighted by atomic mass is 10.0. The Morgan fingerprint density at radius 3 is 3.00 bits per heavy atom. The molecular weight excluding hydrogens is 190 g/mol. The van der Waals surface area contributed by atoms with Gasteiger partial charge in [-0.1, -0.05) is 25.4 Å². The molecule has 0 amide bonds. The molecule has 1 fully saturated rings. The van der Waals surface area contributed by atoms with Crippen molar-refractivity contribution in [2.75, 3.05) is 19.6 Å². The summed E-state index contributed by atoms with van der Waals surface area (Å²) in [6.45, 7) is 7.49. The standard InChI is InChI=1S/C11H23N3O/c1-3-4-10-5-6-14(8-10)7-9(2)11(12)13-15/h9-10,15H,3-8H2,1-2H3,(H2,12,13).